The average molecular weight is 902 g/mol. The first-order chi connectivity index (χ1) is 29.2. The van der Waals surface area contributed by atoms with Crippen LogP contribution in [0.1, 0.15) is 181 Å². The van der Waals surface area contributed by atoms with Crippen LogP contribution in [0, 0.1) is 5.92 Å². The van der Waals surface area contributed by atoms with Crippen molar-refractivity contribution in [2.24, 2.45) is 11.7 Å². The highest BCUT2D eigenvalue weighted by atomic mass is 32.2. The Hall–Kier alpha value is -2.25. The lowest BCUT2D eigenvalue weighted by atomic mass is 10.0. The summed E-state index contributed by atoms with van der Waals surface area (Å²) < 4.78 is 26.6. The van der Waals surface area contributed by atoms with E-state index in [-0.39, 0.29) is 31.4 Å². The summed E-state index contributed by atoms with van der Waals surface area (Å²) in [7, 11) is -4.92. The summed E-state index contributed by atoms with van der Waals surface area (Å²) in [6.45, 7) is 5.58. The number of aliphatic hydroxyl groups excluding tert-OH is 1. The molecule has 0 amide bonds. The number of aliphatic carboxylic acids is 1. The predicted molar refractivity (Wildman–Crippen MR) is 249 cm³/mol. The van der Waals surface area contributed by atoms with E-state index in [0.717, 1.165) is 38.0 Å². The van der Waals surface area contributed by atoms with E-state index in [1.807, 2.05) is 18.2 Å². The summed E-state index contributed by atoms with van der Waals surface area (Å²) in [6, 6.07) is -1.20. The second-order valence-electron chi connectivity index (χ2n) is 16.4. The van der Waals surface area contributed by atoms with Crippen molar-refractivity contribution < 1.29 is 52.9 Å². The van der Waals surface area contributed by atoms with Gasteiger partial charge in [-0.25, -0.2) is 4.57 Å². The molecule has 0 bridgehead atoms. The van der Waals surface area contributed by atoms with Crippen LogP contribution in [0.3, 0.4) is 0 Å². The molecule has 0 fully saturated rings. The Kier molecular flexibility index (Phi) is 39.0. The van der Waals surface area contributed by atoms with E-state index in [1.165, 1.54) is 108 Å². The summed E-state index contributed by atoms with van der Waals surface area (Å²) in [5.41, 5.74) is 6.13. The van der Waals surface area contributed by atoms with E-state index in [2.05, 4.69) is 37.4 Å². The van der Waals surface area contributed by atoms with Gasteiger partial charge in [0.25, 0.3) is 0 Å². The molecule has 0 saturated heterocycles. The molecular weight excluding hydrogens is 818 g/mol. The fourth-order valence-electron chi connectivity index (χ4n) is 6.39. The maximum Gasteiger partial charge on any atom is 0.469 e. The summed E-state index contributed by atoms with van der Waals surface area (Å²) in [4.78, 5) is 54.9. The number of carboxylic acid groups (broad SMARTS) is 1. The Labute approximate surface area is 373 Å². The number of aliphatic hydroxyl groups is 1. The number of carbonyl (C=O) groups is 3. The molecule has 4 atom stereocenters. The first-order valence-electron chi connectivity index (χ1n) is 23.2. The first kappa shape index (κ1) is 58.8. The van der Waals surface area contributed by atoms with Crippen LogP contribution in [-0.4, -0.2) is 80.4 Å². The molecule has 0 aromatic carbocycles. The molecule has 354 valence electrons. The normalized spacial score (nSPS) is 14.4. The van der Waals surface area contributed by atoms with Crippen molar-refractivity contribution in [2.75, 3.05) is 19.0 Å². The third kappa shape index (κ3) is 41.5. The summed E-state index contributed by atoms with van der Waals surface area (Å²) in [5, 5.41) is 19.3. The second-order valence-corrected chi connectivity index (χ2v) is 18.9. The number of allylic oxidation sites excluding steroid dienone is 7. The Morgan fingerprint density at radius 2 is 1.30 bits per heavy atom. The molecule has 0 spiro atoms. The van der Waals surface area contributed by atoms with E-state index in [0.29, 0.717) is 6.42 Å². The minimum absolute atomic E-state index is 0.00274. The van der Waals surface area contributed by atoms with E-state index in [1.54, 1.807) is 18.2 Å². The predicted octanol–water partition coefficient (Wildman–Crippen LogP) is 11.1. The molecule has 0 heterocycles. The van der Waals surface area contributed by atoms with Crippen LogP contribution < -0.4 is 5.73 Å². The van der Waals surface area contributed by atoms with E-state index in [4.69, 9.17) is 20.3 Å². The van der Waals surface area contributed by atoms with Crippen molar-refractivity contribution in [1.82, 2.24) is 0 Å². The lowest BCUT2D eigenvalue weighted by molar-refractivity contribution is -0.161. The number of phosphoric ester groups is 1. The number of esters is 2. The van der Waals surface area contributed by atoms with Gasteiger partial charge in [0.15, 0.2) is 6.10 Å². The maximum atomic E-state index is 13.0. The van der Waals surface area contributed by atoms with Gasteiger partial charge < -0.3 is 35.2 Å². The van der Waals surface area contributed by atoms with Crippen molar-refractivity contribution in [2.45, 2.75) is 205 Å². The monoisotopic (exact) mass is 902 g/mol. The van der Waals surface area contributed by atoms with Gasteiger partial charge in [0.1, 0.15) is 12.6 Å². The molecule has 6 N–H and O–H groups in total. The first-order valence-corrected chi connectivity index (χ1v) is 25.8. The van der Waals surface area contributed by atoms with E-state index >= 15 is 0 Å². The van der Waals surface area contributed by atoms with Gasteiger partial charge >= 0.3 is 25.7 Å². The van der Waals surface area contributed by atoms with Gasteiger partial charge in [-0.3, -0.25) is 18.9 Å². The van der Waals surface area contributed by atoms with Gasteiger partial charge in [-0.05, 0) is 44.4 Å². The third-order valence-electron chi connectivity index (χ3n) is 10.0. The molecule has 0 rings (SSSR count). The highest BCUT2D eigenvalue weighted by molar-refractivity contribution is 8.00. The van der Waals surface area contributed by atoms with Crippen molar-refractivity contribution in [3.63, 3.8) is 0 Å². The molecule has 14 heteroatoms. The van der Waals surface area contributed by atoms with Crippen molar-refractivity contribution in [1.29, 1.82) is 0 Å². The Bertz CT molecular complexity index is 1270. The molecule has 0 radical (unpaired) electrons. The standard InChI is InChI=1S/C47H84NO11PS/c1-4-5-6-7-8-9-10-17-20-23-26-29-34-44(43(49)33-31-35-45(50)51)61-39-42(48)47(53)59-41(38-58-60(54,55)56)37-57-46(52)36-30-27-24-21-18-15-13-11-12-14-16-19-22-25-28-32-40(2)3/h8-9,17,20,23,26,29,34,40-44,49H,4-7,10-16,18-19,21-22,24-25,27-28,30-33,35-39,48H2,1-3H3,(H,50,51)(H2,54,55,56)/b9-8-,20-17-,26-23+,34-29+/t41-,42+,43+,44-/m1/s1. The minimum atomic E-state index is -4.92. The second kappa shape index (κ2) is 40.5. The summed E-state index contributed by atoms with van der Waals surface area (Å²) in [6.07, 6.45) is 38.8. The minimum Gasteiger partial charge on any atom is -0.481 e. The summed E-state index contributed by atoms with van der Waals surface area (Å²) >= 11 is 1.18. The number of hydrogen-bond acceptors (Lipinski definition) is 10. The third-order valence-corrected chi connectivity index (χ3v) is 11.9. The van der Waals surface area contributed by atoms with Gasteiger partial charge in [0.05, 0.1) is 12.7 Å². The number of thioether (sulfide) groups is 1. The number of rotatable bonds is 42. The molecule has 0 aromatic rings. The smallest absolute Gasteiger partial charge is 0.469 e. The number of hydrogen-bond donors (Lipinski definition) is 5. The molecule has 0 aromatic heterocycles. The Morgan fingerprint density at radius 3 is 1.87 bits per heavy atom. The van der Waals surface area contributed by atoms with Crippen LogP contribution in [0.4, 0.5) is 0 Å². The maximum absolute atomic E-state index is 13.0. The molecule has 12 nitrogen and oxygen atoms in total. The lowest BCUT2D eigenvalue weighted by Crippen LogP contribution is -2.40. The zero-order chi connectivity index (χ0) is 45.4. The van der Waals surface area contributed by atoms with Crippen LogP contribution in [0.5, 0.6) is 0 Å². The van der Waals surface area contributed by atoms with Gasteiger partial charge in [-0.1, -0.05) is 179 Å². The van der Waals surface area contributed by atoms with Crippen LogP contribution in [-0.2, 0) is 32.9 Å². The zero-order valence-electron chi connectivity index (χ0n) is 37.9. The number of unbranched alkanes of at least 4 members (excludes halogenated alkanes) is 17. The Balaban J connectivity index is 4.73. The number of ether oxygens (including phenoxy) is 2. The summed E-state index contributed by atoms with van der Waals surface area (Å²) in [5.74, 6) is -1.56. The van der Waals surface area contributed by atoms with Crippen LogP contribution >= 0.6 is 19.6 Å². The van der Waals surface area contributed by atoms with Crippen molar-refractivity contribution >= 4 is 37.5 Å². The number of carbonyl (C=O) groups excluding carboxylic acids is 2. The molecule has 61 heavy (non-hydrogen) atoms. The molecule has 0 saturated carbocycles. The van der Waals surface area contributed by atoms with Gasteiger partial charge in [0.2, 0.25) is 0 Å². The largest absolute Gasteiger partial charge is 0.481 e. The number of carboxylic acids is 1. The number of phosphoric acid groups is 1. The zero-order valence-corrected chi connectivity index (χ0v) is 39.6. The van der Waals surface area contributed by atoms with Gasteiger partial charge in [-0.15, -0.1) is 11.8 Å². The quantitative estimate of drug-likeness (QED) is 0.0127. The highest BCUT2D eigenvalue weighted by Crippen LogP contribution is 2.36. The molecule has 0 aliphatic heterocycles. The average Bonchev–Trinajstić information content (AvgIpc) is 3.20. The molecule has 0 aliphatic rings. The van der Waals surface area contributed by atoms with Crippen LogP contribution in [0.2, 0.25) is 0 Å². The molecule has 0 aliphatic carbocycles. The van der Waals surface area contributed by atoms with Gasteiger partial charge in [0, 0.05) is 23.8 Å². The van der Waals surface area contributed by atoms with Crippen molar-refractivity contribution in [3.8, 4) is 0 Å². The SMILES string of the molecule is CCCCC/C=C\C\C=C/C=C/C=C/[C@@H](SC[C@H](N)C(=O)O[C@H](COC(=O)CCCCCCCCCCCCCCCCCC(C)C)COP(=O)(O)O)[C@@H](O)CCCC(=O)O. The molecular formula is C47H84NO11PS. The van der Waals surface area contributed by atoms with E-state index < -0.39 is 62.4 Å². The van der Waals surface area contributed by atoms with Crippen LogP contribution in [0.15, 0.2) is 48.6 Å². The van der Waals surface area contributed by atoms with Gasteiger partial charge in [-0.2, -0.15) is 0 Å². The fourth-order valence-corrected chi connectivity index (χ4v) is 7.88. The van der Waals surface area contributed by atoms with Crippen molar-refractivity contribution in [3.05, 3.63) is 48.6 Å². The molecule has 0 unspecified atom stereocenters. The van der Waals surface area contributed by atoms with E-state index in [9.17, 15) is 33.8 Å². The lowest BCUT2D eigenvalue weighted by Gasteiger charge is -2.23. The van der Waals surface area contributed by atoms with Crippen LogP contribution in [0.25, 0.3) is 0 Å². The Morgan fingerprint density at radius 1 is 0.705 bits per heavy atom. The fraction of sp³-hybridized carbons (Fsp3) is 0.766. The highest BCUT2D eigenvalue weighted by Gasteiger charge is 2.27. The topological polar surface area (TPSA) is 203 Å². The number of nitrogens with two attached hydrogens (primary N) is 1.